The molecule has 8 nitrogen and oxygen atoms in total. The van der Waals surface area contributed by atoms with Gasteiger partial charge in [0.05, 0.1) is 22.4 Å². The van der Waals surface area contributed by atoms with Gasteiger partial charge in [0, 0.05) is 5.39 Å². The zero-order valence-corrected chi connectivity index (χ0v) is 15.2. The van der Waals surface area contributed by atoms with E-state index >= 15 is 0 Å². The van der Waals surface area contributed by atoms with Crippen LogP contribution in [-0.4, -0.2) is 38.2 Å². The average Bonchev–Trinajstić information content (AvgIpc) is 3.42. The molecule has 0 spiro atoms. The van der Waals surface area contributed by atoms with E-state index in [1.54, 1.807) is 0 Å². The number of pyridine rings is 1. The van der Waals surface area contributed by atoms with E-state index in [0.29, 0.717) is 34.9 Å². The van der Waals surface area contributed by atoms with Crippen LogP contribution in [0, 0.1) is 0 Å². The van der Waals surface area contributed by atoms with Crippen molar-refractivity contribution in [2.75, 3.05) is 6.61 Å². The molecule has 0 amide bonds. The van der Waals surface area contributed by atoms with Crippen LogP contribution in [0.4, 0.5) is 0 Å². The number of hydrogen-bond donors (Lipinski definition) is 1. The van der Waals surface area contributed by atoms with Crippen LogP contribution >= 0.6 is 0 Å². The monoisotopic (exact) mass is 385 g/mol. The number of carbonyl (C=O) groups is 1. The second-order valence-electron chi connectivity index (χ2n) is 6.47. The van der Waals surface area contributed by atoms with Crippen molar-refractivity contribution in [1.82, 2.24) is 25.6 Å². The Bertz CT molecular complexity index is 1220. The second kappa shape index (κ2) is 7.16. The van der Waals surface area contributed by atoms with Gasteiger partial charge in [0.2, 0.25) is 5.82 Å². The smallest absolute Gasteiger partial charge is 0.339 e. The minimum Gasteiger partial charge on any atom is -0.487 e. The molecule has 142 valence electrons. The Labute approximate surface area is 165 Å². The molecule has 0 atom stereocenters. The summed E-state index contributed by atoms with van der Waals surface area (Å²) in [4.78, 5) is 16.8. The number of cyclic esters (lactones) is 1. The highest BCUT2D eigenvalue weighted by Gasteiger charge is 2.29. The first kappa shape index (κ1) is 17.1. The minimum absolute atomic E-state index is 0.125. The molecule has 8 heteroatoms. The second-order valence-corrected chi connectivity index (χ2v) is 6.47. The molecule has 5 rings (SSSR count). The van der Waals surface area contributed by atoms with Gasteiger partial charge in [-0.3, -0.25) is 0 Å². The summed E-state index contributed by atoms with van der Waals surface area (Å²) in [6.07, 6.45) is 0. The van der Waals surface area contributed by atoms with Crippen LogP contribution < -0.4 is 4.74 Å². The Morgan fingerprint density at radius 1 is 1.03 bits per heavy atom. The number of nitrogens with zero attached hydrogens (tertiary/aromatic N) is 4. The van der Waals surface area contributed by atoms with E-state index in [-0.39, 0.29) is 6.61 Å². The van der Waals surface area contributed by atoms with Crippen LogP contribution in [0.5, 0.6) is 5.75 Å². The molecule has 0 saturated carbocycles. The number of fused-ring (bicyclic) bond motifs is 1. The van der Waals surface area contributed by atoms with Crippen LogP contribution in [0.2, 0.25) is 0 Å². The van der Waals surface area contributed by atoms with Gasteiger partial charge in [0.25, 0.3) is 0 Å². The number of nitrogens with one attached hydrogen (secondary N) is 1. The third-order valence-corrected chi connectivity index (χ3v) is 4.65. The Balaban J connectivity index is 1.34. The summed E-state index contributed by atoms with van der Waals surface area (Å²) in [6, 6.07) is 19.2. The van der Waals surface area contributed by atoms with Crippen molar-refractivity contribution >= 4 is 28.0 Å². The molecule has 0 bridgehead atoms. The topological polar surface area (TPSA) is 103 Å². The molecule has 4 aromatic rings. The van der Waals surface area contributed by atoms with Crippen molar-refractivity contribution in [3.05, 3.63) is 77.7 Å². The van der Waals surface area contributed by atoms with E-state index < -0.39 is 5.97 Å². The molecular weight excluding hydrogens is 370 g/mol. The van der Waals surface area contributed by atoms with Gasteiger partial charge in [-0.15, -0.1) is 10.2 Å². The van der Waals surface area contributed by atoms with Crippen LogP contribution in [0.1, 0.15) is 17.1 Å². The molecule has 1 aliphatic rings. The summed E-state index contributed by atoms with van der Waals surface area (Å²) in [5.74, 6) is 0.629. The molecule has 0 radical (unpaired) electrons. The molecule has 2 aromatic heterocycles. The molecule has 0 saturated heterocycles. The highest BCUT2D eigenvalue weighted by Crippen LogP contribution is 2.31. The number of benzene rings is 2. The van der Waals surface area contributed by atoms with Crippen LogP contribution in [0.15, 0.2) is 60.7 Å². The minimum atomic E-state index is -0.404. The lowest BCUT2D eigenvalue weighted by Crippen LogP contribution is -2.00. The third kappa shape index (κ3) is 3.31. The van der Waals surface area contributed by atoms with Crippen LogP contribution in [-0.2, 0) is 16.1 Å². The van der Waals surface area contributed by atoms with E-state index in [4.69, 9.17) is 9.47 Å². The first-order valence-corrected chi connectivity index (χ1v) is 9.00. The van der Waals surface area contributed by atoms with Gasteiger partial charge in [-0.2, -0.15) is 5.21 Å². The number of carbonyl (C=O) groups excluding carboxylic acids is 1. The molecular formula is C21H15N5O3. The lowest BCUT2D eigenvalue weighted by Gasteiger charge is -2.08. The number of aromatic nitrogens is 5. The van der Waals surface area contributed by atoms with Crippen molar-refractivity contribution in [2.45, 2.75) is 6.61 Å². The summed E-state index contributed by atoms with van der Waals surface area (Å²) in [5, 5.41) is 14.9. The standard InChI is InChI=1S/C21H15N5O3/c27-21-19(17(12-29-21)20-23-25-26-24-20)14-6-9-16(10-7-14)28-11-15-8-5-13-3-1-2-4-18(13)22-15/h1-10H,11-12H2,(H,23,24,25,26). The van der Waals surface area contributed by atoms with Gasteiger partial charge in [-0.25, -0.2) is 9.78 Å². The maximum absolute atomic E-state index is 12.2. The van der Waals surface area contributed by atoms with E-state index in [0.717, 1.165) is 16.6 Å². The third-order valence-electron chi connectivity index (χ3n) is 4.65. The number of tetrazole rings is 1. The summed E-state index contributed by atoms with van der Waals surface area (Å²) in [7, 11) is 0. The van der Waals surface area contributed by atoms with E-state index in [1.807, 2.05) is 60.7 Å². The number of ether oxygens (including phenoxy) is 2. The fourth-order valence-electron chi connectivity index (χ4n) is 3.23. The maximum atomic E-state index is 12.2. The highest BCUT2D eigenvalue weighted by atomic mass is 16.5. The largest absolute Gasteiger partial charge is 0.487 e. The lowest BCUT2D eigenvalue weighted by atomic mass is 10.0. The quantitative estimate of drug-likeness (QED) is 0.527. The zero-order valence-electron chi connectivity index (χ0n) is 15.2. The van der Waals surface area contributed by atoms with Crippen molar-refractivity contribution in [3.63, 3.8) is 0 Å². The molecule has 3 heterocycles. The van der Waals surface area contributed by atoms with Crippen molar-refractivity contribution < 1.29 is 14.3 Å². The Kier molecular flexibility index (Phi) is 4.21. The number of aromatic amines is 1. The number of para-hydroxylation sites is 1. The van der Waals surface area contributed by atoms with Gasteiger partial charge in [0.1, 0.15) is 19.0 Å². The highest BCUT2D eigenvalue weighted by molar-refractivity contribution is 6.26. The average molecular weight is 385 g/mol. The van der Waals surface area contributed by atoms with Crippen molar-refractivity contribution in [3.8, 4) is 5.75 Å². The summed E-state index contributed by atoms with van der Waals surface area (Å²) in [6.45, 7) is 0.475. The normalized spacial score (nSPS) is 13.7. The first-order chi connectivity index (χ1) is 14.3. The SMILES string of the molecule is O=C1OCC(c2nn[nH]n2)=C1c1ccc(OCc2ccc3ccccc3n2)cc1. The summed E-state index contributed by atoms with van der Waals surface area (Å²) >= 11 is 0. The Morgan fingerprint density at radius 3 is 2.72 bits per heavy atom. The predicted octanol–water partition coefficient (Wildman–Crippen LogP) is 2.79. The number of esters is 1. The molecule has 29 heavy (non-hydrogen) atoms. The van der Waals surface area contributed by atoms with E-state index in [9.17, 15) is 4.79 Å². The van der Waals surface area contributed by atoms with Gasteiger partial charge < -0.3 is 9.47 Å². The Morgan fingerprint density at radius 2 is 1.90 bits per heavy atom. The van der Waals surface area contributed by atoms with Gasteiger partial charge >= 0.3 is 5.97 Å². The number of hydrogen-bond acceptors (Lipinski definition) is 7. The van der Waals surface area contributed by atoms with E-state index in [2.05, 4.69) is 25.6 Å². The molecule has 0 aliphatic carbocycles. The Hall–Kier alpha value is -4.07. The molecule has 2 aromatic carbocycles. The molecule has 0 unspecified atom stereocenters. The molecule has 1 aliphatic heterocycles. The fraction of sp³-hybridized carbons (Fsp3) is 0.0952. The van der Waals surface area contributed by atoms with Gasteiger partial charge in [-0.05, 0) is 35.0 Å². The molecule has 0 fully saturated rings. The van der Waals surface area contributed by atoms with Crippen LogP contribution in [0.25, 0.3) is 22.0 Å². The predicted molar refractivity (Wildman–Crippen MR) is 104 cm³/mol. The van der Waals surface area contributed by atoms with Gasteiger partial charge in [0.15, 0.2) is 0 Å². The maximum Gasteiger partial charge on any atom is 0.339 e. The summed E-state index contributed by atoms with van der Waals surface area (Å²) < 4.78 is 11.0. The van der Waals surface area contributed by atoms with Crippen LogP contribution in [0.3, 0.4) is 0 Å². The lowest BCUT2D eigenvalue weighted by molar-refractivity contribution is -0.133. The fourth-order valence-corrected chi connectivity index (χ4v) is 3.23. The van der Waals surface area contributed by atoms with E-state index in [1.165, 1.54) is 0 Å². The van der Waals surface area contributed by atoms with Crippen molar-refractivity contribution in [1.29, 1.82) is 0 Å². The van der Waals surface area contributed by atoms with Crippen molar-refractivity contribution in [2.24, 2.45) is 0 Å². The van der Waals surface area contributed by atoms with Gasteiger partial charge in [-0.1, -0.05) is 36.4 Å². The first-order valence-electron chi connectivity index (χ1n) is 9.00. The number of H-pyrrole nitrogens is 1. The number of rotatable bonds is 5. The summed E-state index contributed by atoms with van der Waals surface area (Å²) in [5.41, 5.74) is 3.54. The zero-order chi connectivity index (χ0) is 19.6. The molecule has 1 N–H and O–H groups in total.